The van der Waals surface area contributed by atoms with Crippen molar-refractivity contribution < 1.29 is 5.11 Å². The molecule has 128 valence electrons. The van der Waals surface area contributed by atoms with Gasteiger partial charge in [0.2, 0.25) is 5.95 Å². The number of benzene rings is 1. The summed E-state index contributed by atoms with van der Waals surface area (Å²) in [5.74, 6) is 1.39. The summed E-state index contributed by atoms with van der Waals surface area (Å²) < 4.78 is 2.98. The third kappa shape index (κ3) is 3.44. The molecule has 1 atom stereocenters. The summed E-state index contributed by atoms with van der Waals surface area (Å²) in [5, 5.41) is 15.8. The highest BCUT2D eigenvalue weighted by Gasteiger charge is 2.28. The van der Waals surface area contributed by atoms with Crippen LogP contribution in [0.4, 0.5) is 5.95 Å². The van der Waals surface area contributed by atoms with Gasteiger partial charge in [0.15, 0.2) is 5.82 Å². The van der Waals surface area contributed by atoms with Gasteiger partial charge in [-0.3, -0.25) is 0 Å². The molecular formula is C18H17BrN4OS. The van der Waals surface area contributed by atoms with Crippen LogP contribution in [0.25, 0.3) is 0 Å². The van der Waals surface area contributed by atoms with Crippen molar-refractivity contribution >= 4 is 38.9 Å². The third-order valence-electron chi connectivity index (χ3n) is 4.18. The Bertz CT molecular complexity index is 886. The van der Waals surface area contributed by atoms with Crippen LogP contribution in [0, 0.1) is 0 Å². The van der Waals surface area contributed by atoms with Crippen LogP contribution in [-0.2, 0) is 6.42 Å². The average molecular weight is 417 g/mol. The van der Waals surface area contributed by atoms with E-state index in [9.17, 15) is 0 Å². The van der Waals surface area contributed by atoms with E-state index in [0.29, 0.717) is 18.8 Å². The molecule has 3 aromatic rings. The summed E-state index contributed by atoms with van der Waals surface area (Å²) in [6.45, 7) is 0.144. The van der Waals surface area contributed by atoms with Gasteiger partial charge in [0.1, 0.15) is 0 Å². The number of hydrogen-bond acceptors (Lipinski definition) is 5. The zero-order valence-corrected chi connectivity index (χ0v) is 15.9. The summed E-state index contributed by atoms with van der Waals surface area (Å²) in [7, 11) is 0. The van der Waals surface area contributed by atoms with Gasteiger partial charge in [-0.1, -0.05) is 34.1 Å². The molecule has 1 aliphatic rings. The molecule has 0 saturated heterocycles. The van der Waals surface area contributed by atoms with Crippen LogP contribution in [0.2, 0.25) is 0 Å². The van der Waals surface area contributed by atoms with E-state index in [4.69, 9.17) is 10.1 Å². The second kappa shape index (κ2) is 7.19. The van der Waals surface area contributed by atoms with Gasteiger partial charge < -0.3 is 5.11 Å². The summed E-state index contributed by atoms with van der Waals surface area (Å²) >= 11 is 5.21. The maximum atomic E-state index is 9.05. The van der Waals surface area contributed by atoms with E-state index < -0.39 is 0 Å². The topological polar surface area (TPSA) is 63.3 Å². The number of nitrogens with zero attached hydrogens (tertiary/aromatic N) is 4. The van der Waals surface area contributed by atoms with Gasteiger partial charge in [-0.25, -0.2) is 9.67 Å². The first-order valence-corrected chi connectivity index (χ1v) is 9.85. The van der Waals surface area contributed by atoms with Crippen LogP contribution >= 0.6 is 27.3 Å². The number of rotatable bonds is 5. The van der Waals surface area contributed by atoms with Crippen molar-refractivity contribution in [1.82, 2.24) is 14.8 Å². The van der Waals surface area contributed by atoms with E-state index in [0.717, 1.165) is 28.0 Å². The summed E-state index contributed by atoms with van der Waals surface area (Å²) in [5.41, 5.74) is 2.13. The van der Waals surface area contributed by atoms with Crippen LogP contribution < -0.4 is 0 Å². The quantitative estimate of drug-likeness (QED) is 0.679. The SMILES string of the molecule is OCCCc1nc2n(n1)C(c1cccs1)CC(c1ccc(Br)cc1)=N2. The predicted molar refractivity (Wildman–Crippen MR) is 103 cm³/mol. The number of aliphatic hydroxyl groups excluding tert-OH is 1. The highest BCUT2D eigenvalue weighted by Crippen LogP contribution is 2.35. The molecule has 0 amide bonds. The molecule has 5 nitrogen and oxygen atoms in total. The normalized spacial score (nSPS) is 16.6. The first kappa shape index (κ1) is 16.6. The Labute approximate surface area is 158 Å². The number of halogens is 1. The largest absolute Gasteiger partial charge is 0.396 e. The van der Waals surface area contributed by atoms with Crippen LogP contribution in [0.1, 0.15) is 35.1 Å². The maximum absolute atomic E-state index is 9.05. The zero-order chi connectivity index (χ0) is 17.2. The van der Waals surface area contributed by atoms with Crippen LogP contribution in [0.5, 0.6) is 0 Å². The molecule has 1 aliphatic heterocycles. The first-order chi connectivity index (χ1) is 12.2. The molecule has 7 heteroatoms. The zero-order valence-electron chi connectivity index (χ0n) is 13.5. The van der Waals surface area contributed by atoms with Gasteiger partial charge in [-0.05, 0) is 35.6 Å². The molecule has 25 heavy (non-hydrogen) atoms. The minimum atomic E-state index is 0.113. The summed E-state index contributed by atoms with van der Waals surface area (Å²) in [6.07, 6.45) is 2.12. The number of aliphatic imine (C=N–C) groups is 1. The fourth-order valence-electron chi connectivity index (χ4n) is 2.95. The number of fused-ring (bicyclic) bond motifs is 1. The van der Waals surface area contributed by atoms with Gasteiger partial charge >= 0.3 is 0 Å². The van der Waals surface area contributed by atoms with Crippen molar-refractivity contribution in [1.29, 1.82) is 0 Å². The fraction of sp³-hybridized carbons (Fsp3) is 0.278. The molecule has 0 fully saturated rings. The first-order valence-electron chi connectivity index (χ1n) is 8.18. The van der Waals surface area contributed by atoms with Crippen molar-refractivity contribution in [3.8, 4) is 0 Å². The molecule has 1 N–H and O–H groups in total. The predicted octanol–water partition coefficient (Wildman–Crippen LogP) is 4.14. The molecule has 0 bridgehead atoms. The van der Waals surface area contributed by atoms with Crippen molar-refractivity contribution in [3.63, 3.8) is 0 Å². The van der Waals surface area contributed by atoms with Crippen molar-refractivity contribution in [2.24, 2.45) is 4.99 Å². The minimum Gasteiger partial charge on any atom is -0.396 e. The molecule has 0 radical (unpaired) electrons. The number of aryl methyl sites for hydroxylation is 1. The lowest BCUT2D eigenvalue weighted by molar-refractivity contribution is 0.287. The van der Waals surface area contributed by atoms with Crippen molar-refractivity contribution in [2.45, 2.75) is 25.3 Å². The molecule has 1 unspecified atom stereocenters. The van der Waals surface area contributed by atoms with Gasteiger partial charge in [0.05, 0.1) is 11.8 Å². The molecule has 3 heterocycles. The smallest absolute Gasteiger partial charge is 0.248 e. The molecule has 4 rings (SSSR count). The molecule has 0 spiro atoms. The van der Waals surface area contributed by atoms with E-state index in [2.05, 4.69) is 55.7 Å². The highest BCUT2D eigenvalue weighted by molar-refractivity contribution is 9.10. The van der Waals surface area contributed by atoms with E-state index in [1.54, 1.807) is 11.3 Å². The Morgan fingerprint density at radius 1 is 1.24 bits per heavy atom. The molecule has 0 aliphatic carbocycles. The fourth-order valence-corrected chi connectivity index (χ4v) is 4.03. The number of aliphatic hydroxyl groups is 1. The second-order valence-corrected chi connectivity index (χ2v) is 7.80. The lowest BCUT2D eigenvalue weighted by Crippen LogP contribution is -2.20. The third-order valence-corrected chi connectivity index (χ3v) is 5.68. The van der Waals surface area contributed by atoms with Crippen LogP contribution in [0.15, 0.2) is 51.2 Å². The van der Waals surface area contributed by atoms with E-state index in [1.165, 1.54) is 4.88 Å². The van der Waals surface area contributed by atoms with Crippen LogP contribution in [-0.4, -0.2) is 32.2 Å². The van der Waals surface area contributed by atoms with Gasteiger partial charge in [-0.2, -0.15) is 10.1 Å². The van der Waals surface area contributed by atoms with Gasteiger partial charge in [-0.15, -0.1) is 11.3 Å². The molecule has 1 aromatic carbocycles. The highest BCUT2D eigenvalue weighted by atomic mass is 79.9. The van der Waals surface area contributed by atoms with E-state index in [-0.39, 0.29) is 12.6 Å². The Morgan fingerprint density at radius 2 is 2.08 bits per heavy atom. The second-order valence-electron chi connectivity index (χ2n) is 5.90. The van der Waals surface area contributed by atoms with Crippen LogP contribution in [0.3, 0.4) is 0 Å². The van der Waals surface area contributed by atoms with Gasteiger partial charge in [0, 0.05) is 28.8 Å². The van der Waals surface area contributed by atoms with Crippen molar-refractivity contribution in [2.75, 3.05) is 6.61 Å². The monoisotopic (exact) mass is 416 g/mol. The summed E-state index contributed by atoms with van der Waals surface area (Å²) in [6, 6.07) is 12.5. The van der Waals surface area contributed by atoms with Crippen molar-refractivity contribution in [3.05, 3.63) is 62.5 Å². The Kier molecular flexibility index (Phi) is 4.78. The number of hydrogen-bond donors (Lipinski definition) is 1. The number of thiophene rings is 1. The lowest BCUT2D eigenvalue weighted by atomic mass is 10.0. The Hall–Kier alpha value is -1.83. The Balaban J connectivity index is 1.75. The van der Waals surface area contributed by atoms with E-state index >= 15 is 0 Å². The Morgan fingerprint density at radius 3 is 2.80 bits per heavy atom. The molecular weight excluding hydrogens is 400 g/mol. The number of aromatic nitrogens is 3. The standard InChI is InChI=1S/C18H17BrN4OS/c19-13-7-5-12(6-8-13)14-11-15(16-3-2-10-25-16)23-18(20-14)21-17(22-23)4-1-9-24/h2-3,5-8,10,15,24H,1,4,9,11H2. The maximum Gasteiger partial charge on any atom is 0.248 e. The van der Waals surface area contributed by atoms with E-state index in [1.807, 2.05) is 16.8 Å². The molecule has 0 saturated carbocycles. The lowest BCUT2D eigenvalue weighted by Gasteiger charge is -2.22. The van der Waals surface area contributed by atoms with Gasteiger partial charge in [0.25, 0.3) is 0 Å². The summed E-state index contributed by atoms with van der Waals surface area (Å²) in [4.78, 5) is 10.6. The minimum absolute atomic E-state index is 0.113. The average Bonchev–Trinajstić information content (AvgIpc) is 3.29. The molecule has 2 aromatic heterocycles.